The zero-order valence-corrected chi connectivity index (χ0v) is 9.02. The van der Waals surface area contributed by atoms with Gasteiger partial charge in [-0.15, -0.1) is 12.3 Å². The largest absolute Gasteiger partial charge is 0.354 e. The van der Waals surface area contributed by atoms with Crippen LogP contribution < -0.4 is 11.1 Å². The topological polar surface area (TPSA) is 68.0 Å². The molecule has 4 nitrogen and oxygen atoms in total. The van der Waals surface area contributed by atoms with Crippen LogP contribution in [0.3, 0.4) is 0 Å². The number of carbonyl (C=O) groups is 1. The fourth-order valence-electron chi connectivity index (χ4n) is 1.23. The molecule has 84 valence electrons. The van der Waals surface area contributed by atoms with Gasteiger partial charge < -0.3 is 11.1 Å². The molecular weight excluding hydrogens is 202 g/mol. The molecule has 0 aliphatic carbocycles. The lowest BCUT2D eigenvalue weighted by Crippen LogP contribution is -2.41. The van der Waals surface area contributed by atoms with Crippen molar-refractivity contribution >= 4 is 5.91 Å². The van der Waals surface area contributed by atoms with Crippen LogP contribution in [0.1, 0.15) is 12.0 Å². The molecule has 16 heavy (non-hydrogen) atoms. The molecule has 1 rings (SSSR count). The summed E-state index contributed by atoms with van der Waals surface area (Å²) in [7, 11) is 0. The van der Waals surface area contributed by atoms with Gasteiger partial charge in [0.15, 0.2) is 0 Å². The van der Waals surface area contributed by atoms with E-state index in [1.165, 1.54) is 0 Å². The first kappa shape index (κ1) is 12.2. The van der Waals surface area contributed by atoms with Crippen molar-refractivity contribution in [3.63, 3.8) is 0 Å². The number of nitrogens with two attached hydrogens (primary N) is 1. The third-order valence-corrected chi connectivity index (χ3v) is 2.11. The number of aromatic nitrogens is 1. The van der Waals surface area contributed by atoms with Gasteiger partial charge in [0.05, 0.1) is 6.04 Å². The average molecular weight is 217 g/mol. The second kappa shape index (κ2) is 6.59. The molecule has 0 fully saturated rings. The Morgan fingerprint density at radius 3 is 3.12 bits per heavy atom. The first-order chi connectivity index (χ1) is 7.74. The molecule has 1 aromatic rings. The van der Waals surface area contributed by atoms with E-state index in [4.69, 9.17) is 12.2 Å². The molecular formula is C12H15N3O. The van der Waals surface area contributed by atoms with Crippen LogP contribution >= 0.6 is 0 Å². The van der Waals surface area contributed by atoms with E-state index in [9.17, 15) is 4.79 Å². The van der Waals surface area contributed by atoms with Gasteiger partial charge in [-0.2, -0.15) is 0 Å². The fraction of sp³-hybridized carbons (Fsp3) is 0.333. The highest BCUT2D eigenvalue weighted by Crippen LogP contribution is 1.95. The number of hydrogen-bond acceptors (Lipinski definition) is 3. The number of amides is 1. The smallest absolute Gasteiger partial charge is 0.237 e. The van der Waals surface area contributed by atoms with Crippen molar-refractivity contribution in [2.24, 2.45) is 5.73 Å². The van der Waals surface area contributed by atoms with Crippen molar-refractivity contribution in [2.75, 3.05) is 6.54 Å². The molecule has 0 saturated heterocycles. The Kier molecular flexibility index (Phi) is 5.03. The second-order valence-electron chi connectivity index (χ2n) is 3.42. The van der Waals surface area contributed by atoms with E-state index in [-0.39, 0.29) is 12.3 Å². The van der Waals surface area contributed by atoms with E-state index in [0.29, 0.717) is 6.54 Å². The van der Waals surface area contributed by atoms with E-state index >= 15 is 0 Å². The van der Waals surface area contributed by atoms with E-state index in [1.54, 1.807) is 12.4 Å². The number of pyridine rings is 1. The number of nitrogens with one attached hydrogen (secondary N) is 1. The van der Waals surface area contributed by atoms with Crippen molar-refractivity contribution < 1.29 is 4.79 Å². The van der Waals surface area contributed by atoms with E-state index in [2.05, 4.69) is 16.2 Å². The molecule has 1 aromatic heterocycles. The summed E-state index contributed by atoms with van der Waals surface area (Å²) in [5.41, 5.74) is 6.62. The maximum absolute atomic E-state index is 11.4. The Morgan fingerprint density at radius 1 is 1.69 bits per heavy atom. The summed E-state index contributed by atoms with van der Waals surface area (Å²) >= 11 is 0. The first-order valence-electron chi connectivity index (χ1n) is 5.09. The van der Waals surface area contributed by atoms with Crippen LogP contribution in [0.2, 0.25) is 0 Å². The summed E-state index contributed by atoms with van der Waals surface area (Å²) < 4.78 is 0. The number of carbonyl (C=O) groups excluding carboxylic acids is 1. The molecule has 0 spiro atoms. The van der Waals surface area contributed by atoms with Gasteiger partial charge in [-0.25, -0.2) is 0 Å². The van der Waals surface area contributed by atoms with Crippen LogP contribution in [0.15, 0.2) is 24.5 Å². The number of hydrogen-bond donors (Lipinski definition) is 2. The Hall–Kier alpha value is -1.86. The van der Waals surface area contributed by atoms with Gasteiger partial charge in [-0.3, -0.25) is 9.78 Å². The van der Waals surface area contributed by atoms with E-state index < -0.39 is 6.04 Å². The molecule has 4 heteroatoms. The van der Waals surface area contributed by atoms with Crippen molar-refractivity contribution in [1.29, 1.82) is 0 Å². The Morgan fingerprint density at radius 2 is 2.50 bits per heavy atom. The molecule has 0 aliphatic heterocycles. The van der Waals surface area contributed by atoms with Crippen molar-refractivity contribution in [2.45, 2.75) is 18.9 Å². The van der Waals surface area contributed by atoms with Crippen LogP contribution in [0.4, 0.5) is 0 Å². The fourth-order valence-corrected chi connectivity index (χ4v) is 1.23. The average Bonchev–Trinajstić information content (AvgIpc) is 2.30. The molecule has 0 radical (unpaired) electrons. The monoisotopic (exact) mass is 217 g/mol. The summed E-state index contributed by atoms with van der Waals surface area (Å²) in [6, 6.07) is 3.21. The summed E-state index contributed by atoms with van der Waals surface area (Å²) in [4.78, 5) is 15.4. The summed E-state index contributed by atoms with van der Waals surface area (Å²) in [5, 5.41) is 2.73. The predicted molar refractivity (Wildman–Crippen MR) is 62.4 cm³/mol. The Balaban J connectivity index is 2.26. The Labute approximate surface area is 95.3 Å². The number of terminal acetylenes is 1. The molecule has 1 amide bonds. The number of rotatable bonds is 5. The third-order valence-electron chi connectivity index (χ3n) is 2.11. The molecule has 0 bridgehead atoms. The molecule has 1 atom stereocenters. The van der Waals surface area contributed by atoms with Crippen LogP contribution in [0.25, 0.3) is 0 Å². The summed E-state index contributed by atoms with van der Waals surface area (Å²) in [5.74, 6) is 2.15. The Bertz CT molecular complexity index is 370. The van der Waals surface area contributed by atoms with Gasteiger partial charge in [0.2, 0.25) is 5.91 Å². The van der Waals surface area contributed by atoms with Crippen molar-refractivity contribution in [1.82, 2.24) is 10.3 Å². The van der Waals surface area contributed by atoms with Crippen molar-refractivity contribution in [3.8, 4) is 12.3 Å². The predicted octanol–water partition coefficient (Wildman–Crippen LogP) is 0.0909. The summed E-state index contributed by atoms with van der Waals surface area (Å²) in [6.07, 6.45) is 9.55. The lowest BCUT2D eigenvalue weighted by atomic mass is 10.2. The lowest BCUT2D eigenvalue weighted by Gasteiger charge is -2.09. The molecule has 0 aliphatic rings. The van der Waals surface area contributed by atoms with E-state index in [0.717, 1.165) is 12.0 Å². The van der Waals surface area contributed by atoms with Gasteiger partial charge in [-0.1, -0.05) is 6.07 Å². The minimum absolute atomic E-state index is 0.207. The van der Waals surface area contributed by atoms with Crippen LogP contribution in [-0.2, 0) is 11.2 Å². The molecule has 1 unspecified atom stereocenters. The quantitative estimate of drug-likeness (QED) is 0.687. The summed E-state index contributed by atoms with van der Waals surface area (Å²) in [6.45, 7) is 0.544. The van der Waals surface area contributed by atoms with Crippen LogP contribution in [0, 0.1) is 12.3 Å². The van der Waals surface area contributed by atoms with Crippen LogP contribution in [-0.4, -0.2) is 23.5 Å². The number of nitrogens with zero attached hydrogens (tertiary/aromatic N) is 1. The minimum atomic E-state index is -0.612. The second-order valence-corrected chi connectivity index (χ2v) is 3.42. The molecule has 0 aromatic carbocycles. The standard InChI is InChI=1S/C12H15N3O/c1-2-4-11(13)12(16)15-8-6-10-5-3-7-14-9-10/h1,3,5,7,9,11H,4,6,8,13H2,(H,15,16). The SMILES string of the molecule is C#CCC(N)C(=O)NCCc1cccnc1. The maximum atomic E-state index is 11.4. The molecule has 3 N–H and O–H groups in total. The van der Waals surface area contributed by atoms with Gasteiger partial charge in [0, 0.05) is 25.4 Å². The normalized spacial score (nSPS) is 11.5. The van der Waals surface area contributed by atoms with Crippen LogP contribution in [0.5, 0.6) is 0 Å². The molecule has 1 heterocycles. The van der Waals surface area contributed by atoms with Gasteiger partial charge in [0.25, 0.3) is 0 Å². The van der Waals surface area contributed by atoms with Gasteiger partial charge in [-0.05, 0) is 18.1 Å². The lowest BCUT2D eigenvalue weighted by molar-refractivity contribution is -0.122. The zero-order chi connectivity index (χ0) is 11.8. The zero-order valence-electron chi connectivity index (χ0n) is 9.02. The minimum Gasteiger partial charge on any atom is -0.354 e. The van der Waals surface area contributed by atoms with Gasteiger partial charge in [0.1, 0.15) is 0 Å². The highest BCUT2D eigenvalue weighted by Gasteiger charge is 2.10. The third kappa shape index (κ3) is 4.11. The first-order valence-corrected chi connectivity index (χ1v) is 5.09. The highest BCUT2D eigenvalue weighted by atomic mass is 16.2. The maximum Gasteiger partial charge on any atom is 0.237 e. The van der Waals surface area contributed by atoms with Gasteiger partial charge >= 0.3 is 0 Å². The molecule has 0 saturated carbocycles. The van der Waals surface area contributed by atoms with Crippen molar-refractivity contribution in [3.05, 3.63) is 30.1 Å². The highest BCUT2D eigenvalue weighted by molar-refractivity contribution is 5.81. The van der Waals surface area contributed by atoms with E-state index in [1.807, 2.05) is 12.1 Å².